The fourth-order valence-electron chi connectivity index (χ4n) is 5.14. The Morgan fingerprint density at radius 1 is 0.929 bits per heavy atom. The van der Waals surface area contributed by atoms with E-state index in [9.17, 15) is 19.5 Å². The van der Waals surface area contributed by atoms with Crippen molar-refractivity contribution in [1.82, 2.24) is 20.6 Å². The maximum atomic E-state index is 13.4. The molecule has 0 radical (unpaired) electrons. The average Bonchev–Trinajstić information content (AvgIpc) is 3.63. The molecule has 216 valence electrons. The monoisotopic (exact) mass is 568 g/mol. The Morgan fingerprint density at radius 2 is 1.57 bits per heavy atom. The Hall–Kier alpha value is -4.96. The molecule has 0 spiro atoms. The number of ether oxygens (including phenoxy) is 2. The lowest BCUT2D eigenvalue weighted by molar-refractivity contribution is -0.146. The van der Waals surface area contributed by atoms with Crippen LogP contribution in [0, 0.1) is 0 Å². The van der Waals surface area contributed by atoms with Crippen LogP contribution in [0.4, 0.5) is 4.79 Å². The van der Waals surface area contributed by atoms with Crippen molar-refractivity contribution in [3.05, 3.63) is 114 Å². The second kappa shape index (κ2) is 13.1. The summed E-state index contributed by atoms with van der Waals surface area (Å²) in [5.74, 6) is -2.10. The summed E-state index contributed by atoms with van der Waals surface area (Å²) < 4.78 is 11.4. The van der Waals surface area contributed by atoms with Gasteiger partial charge in [-0.1, -0.05) is 78.9 Å². The highest BCUT2D eigenvalue weighted by Crippen LogP contribution is 2.44. The van der Waals surface area contributed by atoms with E-state index in [1.54, 1.807) is 6.92 Å². The number of carbonyl (C=O) groups is 3. The van der Waals surface area contributed by atoms with Gasteiger partial charge in [0, 0.05) is 24.2 Å². The van der Waals surface area contributed by atoms with Crippen molar-refractivity contribution in [1.29, 1.82) is 0 Å². The minimum Gasteiger partial charge on any atom is -0.480 e. The molecule has 1 aromatic heterocycles. The van der Waals surface area contributed by atoms with Gasteiger partial charge in [-0.3, -0.25) is 4.79 Å². The molecule has 0 saturated heterocycles. The number of carbonyl (C=O) groups excluding carboxylic acids is 2. The quantitative estimate of drug-likeness (QED) is 0.202. The number of benzene rings is 3. The number of nitrogens with one attached hydrogen (secondary N) is 3. The van der Waals surface area contributed by atoms with Crippen LogP contribution >= 0.6 is 0 Å². The van der Waals surface area contributed by atoms with Crippen LogP contribution in [0.5, 0.6) is 0 Å². The number of alkyl carbamates (subject to hydrolysis) is 1. The van der Waals surface area contributed by atoms with Crippen LogP contribution in [0.25, 0.3) is 11.1 Å². The maximum Gasteiger partial charge on any atom is 0.407 e. The number of aromatic amines is 1. The largest absolute Gasteiger partial charge is 0.480 e. The zero-order valence-corrected chi connectivity index (χ0v) is 23.0. The second-order valence-electron chi connectivity index (χ2n) is 10.1. The number of aromatic nitrogens is 2. The smallest absolute Gasteiger partial charge is 0.407 e. The highest BCUT2D eigenvalue weighted by atomic mass is 16.5. The molecule has 0 saturated carbocycles. The average molecular weight is 569 g/mol. The minimum absolute atomic E-state index is 0.0433. The standard InChI is InChI=1S/C32H32N4O6/c1-20(41-17-21-9-3-2-4-10-21)29(31(38)39)36-30(37)28(15-22-16-33-19-34-22)35-32(40)42-18-27-25-13-7-5-11-23(25)24-12-6-8-14-26(24)27/h2-14,16,19-20,27-29H,15,17-18H2,1H3,(H,33,34)(H,35,40)(H,36,37)(H,38,39)/t20-,28?,29+/m0/s1. The maximum absolute atomic E-state index is 13.4. The fourth-order valence-corrected chi connectivity index (χ4v) is 5.14. The van der Waals surface area contributed by atoms with E-state index in [2.05, 4.69) is 20.6 Å². The van der Waals surface area contributed by atoms with E-state index in [-0.39, 0.29) is 25.6 Å². The summed E-state index contributed by atoms with van der Waals surface area (Å²) in [6.45, 7) is 1.82. The fraction of sp³-hybridized carbons (Fsp3) is 0.250. The third kappa shape index (κ3) is 6.67. The van der Waals surface area contributed by atoms with Gasteiger partial charge >= 0.3 is 12.1 Å². The van der Waals surface area contributed by atoms with Gasteiger partial charge in [0.25, 0.3) is 0 Å². The van der Waals surface area contributed by atoms with Crippen LogP contribution in [0.1, 0.15) is 35.2 Å². The van der Waals surface area contributed by atoms with Crippen molar-refractivity contribution < 1.29 is 29.0 Å². The van der Waals surface area contributed by atoms with Crippen LogP contribution in [-0.4, -0.2) is 57.8 Å². The van der Waals surface area contributed by atoms with Crippen LogP contribution in [0.2, 0.25) is 0 Å². The second-order valence-corrected chi connectivity index (χ2v) is 10.1. The molecule has 4 aromatic rings. The van der Waals surface area contributed by atoms with Gasteiger partial charge in [0.05, 0.1) is 19.0 Å². The van der Waals surface area contributed by atoms with Crippen molar-refractivity contribution in [2.24, 2.45) is 0 Å². The third-order valence-corrected chi connectivity index (χ3v) is 7.32. The van der Waals surface area contributed by atoms with Gasteiger partial charge in [-0.25, -0.2) is 14.6 Å². The molecule has 10 nitrogen and oxygen atoms in total. The molecule has 42 heavy (non-hydrogen) atoms. The Balaban J connectivity index is 1.24. The first-order valence-electron chi connectivity index (χ1n) is 13.7. The molecule has 10 heteroatoms. The normalized spacial score (nSPS) is 14.2. The molecule has 2 amide bonds. The Kier molecular flexibility index (Phi) is 8.93. The van der Waals surface area contributed by atoms with Crippen LogP contribution < -0.4 is 10.6 Å². The predicted octanol–water partition coefficient (Wildman–Crippen LogP) is 4.03. The highest BCUT2D eigenvalue weighted by molar-refractivity contribution is 5.89. The first-order valence-corrected chi connectivity index (χ1v) is 13.7. The number of aliphatic carboxylic acids is 1. The van der Waals surface area contributed by atoms with E-state index in [1.165, 1.54) is 12.5 Å². The number of hydrogen-bond donors (Lipinski definition) is 4. The zero-order valence-electron chi connectivity index (χ0n) is 23.0. The van der Waals surface area contributed by atoms with Crippen molar-refractivity contribution in [2.75, 3.05) is 6.61 Å². The van der Waals surface area contributed by atoms with Crippen molar-refractivity contribution >= 4 is 18.0 Å². The summed E-state index contributed by atoms with van der Waals surface area (Å²) in [4.78, 5) is 45.3. The lowest BCUT2D eigenvalue weighted by atomic mass is 9.98. The molecule has 1 aliphatic rings. The van der Waals surface area contributed by atoms with Crippen LogP contribution in [-0.2, 0) is 32.1 Å². The number of nitrogens with zero attached hydrogens (tertiary/aromatic N) is 1. The number of fused-ring (bicyclic) bond motifs is 3. The van der Waals surface area contributed by atoms with Gasteiger partial charge in [-0.15, -0.1) is 0 Å². The lowest BCUT2D eigenvalue weighted by Gasteiger charge is -2.25. The summed E-state index contributed by atoms with van der Waals surface area (Å²) in [7, 11) is 0. The third-order valence-electron chi connectivity index (χ3n) is 7.32. The van der Waals surface area contributed by atoms with Crippen molar-refractivity contribution in [3.63, 3.8) is 0 Å². The van der Waals surface area contributed by atoms with Gasteiger partial charge in [-0.2, -0.15) is 0 Å². The van der Waals surface area contributed by atoms with Crippen molar-refractivity contribution in [2.45, 2.75) is 44.1 Å². The summed E-state index contributed by atoms with van der Waals surface area (Å²) in [6, 6.07) is 22.8. The highest BCUT2D eigenvalue weighted by Gasteiger charge is 2.33. The summed E-state index contributed by atoms with van der Waals surface area (Å²) >= 11 is 0. The van der Waals surface area contributed by atoms with Gasteiger partial charge in [0.1, 0.15) is 12.6 Å². The number of carboxylic acid groups (broad SMARTS) is 1. The van der Waals surface area contributed by atoms with E-state index in [4.69, 9.17) is 9.47 Å². The number of amides is 2. The molecule has 4 N–H and O–H groups in total. The number of rotatable bonds is 12. The number of hydrogen-bond acceptors (Lipinski definition) is 6. The predicted molar refractivity (Wildman–Crippen MR) is 155 cm³/mol. The van der Waals surface area contributed by atoms with Crippen LogP contribution in [0.15, 0.2) is 91.4 Å². The molecule has 1 aliphatic carbocycles. The van der Waals surface area contributed by atoms with Crippen molar-refractivity contribution in [3.8, 4) is 11.1 Å². The Bertz CT molecular complexity index is 1480. The molecule has 5 rings (SSSR count). The van der Waals surface area contributed by atoms with E-state index >= 15 is 0 Å². The number of imidazole rings is 1. The van der Waals surface area contributed by atoms with E-state index < -0.39 is 36.2 Å². The number of carboxylic acids is 1. The molecule has 3 aromatic carbocycles. The minimum atomic E-state index is -1.35. The summed E-state index contributed by atoms with van der Waals surface area (Å²) in [5.41, 5.74) is 5.77. The van der Waals surface area contributed by atoms with E-state index in [0.717, 1.165) is 27.8 Å². The topological polar surface area (TPSA) is 143 Å². The zero-order chi connectivity index (χ0) is 29.5. The first kappa shape index (κ1) is 28.6. The van der Waals surface area contributed by atoms with Gasteiger partial charge in [0.2, 0.25) is 5.91 Å². The van der Waals surface area contributed by atoms with Gasteiger partial charge in [0.15, 0.2) is 6.04 Å². The molecular formula is C32H32N4O6. The first-order chi connectivity index (χ1) is 20.4. The summed E-state index contributed by atoms with van der Waals surface area (Å²) in [6.07, 6.45) is 1.38. The van der Waals surface area contributed by atoms with E-state index in [0.29, 0.717) is 5.69 Å². The molecule has 1 heterocycles. The SMILES string of the molecule is C[C@H](OCc1ccccc1)[C@@H](NC(=O)C(Cc1cnc[nH]1)NC(=O)OCC1c2ccccc2-c2ccccc21)C(=O)O. The molecule has 3 atom stereocenters. The summed E-state index contributed by atoms with van der Waals surface area (Å²) in [5, 5.41) is 15.0. The molecule has 0 fully saturated rings. The molecule has 0 aliphatic heterocycles. The van der Waals surface area contributed by atoms with Gasteiger partial charge < -0.3 is 30.2 Å². The van der Waals surface area contributed by atoms with E-state index in [1.807, 2.05) is 78.9 Å². The molecule has 1 unspecified atom stereocenters. The number of H-pyrrole nitrogens is 1. The Labute approximate surface area is 243 Å². The van der Waals surface area contributed by atoms with Crippen LogP contribution in [0.3, 0.4) is 0 Å². The molecular weight excluding hydrogens is 536 g/mol. The Morgan fingerprint density at radius 3 is 2.19 bits per heavy atom. The van der Waals surface area contributed by atoms with Gasteiger partial charge in [-0.05, 0) is 34.7 Å². The lowest BCUT2D eigenvalue weighted by Crippen LogP contribution is -2.55. The molecule has 0 bridgehead atoms.